The van der Waals surface area contributed by atoms with Crippen molar-refractivity contribution in [3.05, 3.63) is 53.6 Å². The van der Waals surface area contributed by atoms with Gasteiger partial charge in [-0.25, -0.2) is 0 Å². The summed E-state index contributed by atoms with van der Waals surface area (Å²) in [6.07, 6.45) is 1.01. The third-order valence-corrected chi connectivity index (χ3v) is 4.64. The number of ether oxygens (including phenoxy) is 3. The second-order valence-electron chi connectivity index (χ2n) is 6.79. The van der Waals surface area contributed by atoms with Gasteiger partial charge in [-0.05, 0) is 42.0 Å². The molecule has 0 aromatic heterocycles. The van der Waals surface area contributed by atoms with E-state index >= 15 is 0 Å². The number of hydrogen-bond acceptors (Lipinski definition) is 3. The maximum atomic E-state index is 6.21. The lowest BCUT2D eigenvalue weighted by atomic mass is 9.94. The van der Waals surface area contributed by atoms with Crippen molar-refractivity contribution < 1.29 is 14.2 Å². The number of fused-ring (bicyclic) bond motifs is 1. The number of rotatable bonds is 5. The fraction of sp³-hybridized carbons (Fsp3) is 0.429. The largest absolute Gasteiger partial charge is 0.497 e. The Bertz CT molecular complexity index is 676. The molecule has 0 radical (unpaired) electrons. The van der Waals surface area contributed by atoms with Gasteiger partial charge < -0.3 is 14.2 Å². The van der Waals surface area contributed by atoms with Crippen molar-refractivity contribution >= 4 is 0 Å². The molecule has 0 N–H and O–H groups in total. The van der Waals surface area contributed by atoms with Crippen LogP contribution < -0.4 is 14.2 Å². The molecule has 2 aromatic rings. The number of methoxy groups -OCH3 is 1. The molecule has 2 atom stereocenters. The first-order valence-corrected chi connectivity index (χ1v) is 8.64. The van der Waals surface area contributed by atoms with Crippen LogP contribution in [0.2, 0.25) is 0 Å². The predicted molar refractivity (Wildman–Crippen MR) is 96.5 cm³/mol. The maximum absolute atomic E-state index is 6.21. The molecule has 3 rings (SSSR count). The van der Waals surface area contributed by atoms with Crippen LogP contribution in [0.5, 0.6) is 17.2 Å². The van der Waals surface area contributed by atoms with Crippen LogP contribution in [0.25, 0.3) is 0 Å². The summed E-state index contributed by atoms with van der Waals surface area (Å²) in [4.78, 5) is 0. The normalized spacial score (nSPS) is 17.6. The van der Waals surface area contributed by atoms with E-state index in [4.69, 9.17) is 14.2 Å². The monoisotopic (exact) mass is 326 g/mol. The average Bonchev–Trinajstić information content (AvgIpc) is 2.61. The second kappa shape index (κ2) is 7.16. The third-order valence-electron chi connectivity index (χ3n) is 4.64. The third kappa shape index (κ3) is 3.50. The molecule has 24 heavy (non-hydrogen) atoms. The Morgan fingerprint density at radius 2 is 1.83 bits per heavy atom. The fourth-order valence-corrected chi connectivity index (χ4v) is 3.20. The van der Waals surface area contributed by atoms with Crippen LogP contribution in [0.3, 0.4) is 0 Å². The van der Waals surface area contributed by atoms with E-state index in [-0.39, 0.29) is 6.10 Å². The van der Waals surface area contributed by atoms with Crippen LogP contribution >= 0.6 is 0 Å². The first kappa shape index (κ1) is 16.7. The topological polar surface area (TPSA) is 27.7 Å². The quantitative estimate of drug-likeness (QED) is 0.760. The molecule has 1 aliphatic heterocycles. The van der Waals surface area contributed by atoms with Gasteiger partial charge in [0.1, 0.15) is 18.5 Å². The van der Waals surface area contributed by atoms with Crippen LogP contribution in [-0.4, -0.2) is 19.8 Å². The van der Waals surface area contributed by atoms with Crippen molar-refractivity contribution in [3.63, 3.8) is 0 Å². The van der Waals surface area contributed by atoms with Gasteiger partial charge in [-0.3, -0.25) is 0 Å². The second-order valence-corrected chi connectivity index (χ2v) is 6.79. The Kier molecular flexibility index (Phi) is 4.98. The molecule has 0 aliphatic carbocycles. The molecule has 0 saturated carbocycles. The summed E-state index contributed by atoms with van der Waals surface area (Å²) < 4.78 is 17.5. The lowest BCUT2D eigenvalue weighted by Gasteiger charge is -2.30. The fourth-order valence-electron chi connectivity index (χ4n) is 3.20. The van der Waals surface area contributed by atoms with Crippen molar-refractivity contribution in [2.24, 2.45) is 0 Å². The lowest BCUT2D eigenvalue weighted by molar-refractivity contribution is 0.0794. The molecular weight excluding hydrogens is 300 g/mol. The van der Waals surface area contributed by atoms with E-state index in [0.29, 0.717) is 18.4 Å². The predicted octanol–water partition coefficient (Wildman–Crippen LogP) is 5.15. The number of benzene rings is 2. The van der Waals surface area contributed by atoms with Crippen molar-refractivity contribution in [1.29, 1.82) is 0 Å². The smallest absolute Gasteiger partial charge is 0.164 e. The first-order valence-electron chi connectivity index (χ1n) is 8.64. The summed E-state index contributed by atoms with van der Waals surface area (Å²) in [6, 6.07) is 14.4. The molecule has 0 spiro atoms. The van der Waals surface area contributed by atoms with E-state index in [9.17, 15) is 0 Å². The molecule has 0 amide bonds. The highest BCUT2D eigenvalue weighted by molar-refractivity contribution is 5.49. The van der Waals surface area contributed by atoms with Crippen LogP contribution in [0.4, 0.5) is 0 Å². The highest BCUT2D eigenvalue weighted by Gasteiger charge is 2.25. The van der Waals surface area contributed by atoms with E-state index in [1.165, 1.54) is 11.1 Å². The van der Waals surface area contributed by atoms with Gasteiger partial charge in [0.25, 0.3) is 0 Å². The van der Waals surface area contributed by atoms with E-state index in [1.807, 2.05) is 24.3 Å². The van der Waals surface area contributed by atoms with E-state index in [0.717, 1.165) is 23.7 Å². The highest BCUT2D eigenvalue weighted by atomic mass is 16.6. The highest BCUT2D eigenvalue weighted by Crippen LogP contribution is 2.39. The number of hydrogen-bond donors (Lipinski definition) is 0. The zero-order valence-electron chi connectivity index (χ0n) is 14.9. The summed E-state index contributed by atoms with van der Waals surface area (Å²) in [5.41, 5.74) is 2.51. The van der Waals surface area contributed by atoms with Gasteiger partial charge in [-0.15, -0.1) is 0 Å². The minimum Gasteiger partial charge on any atom is -0.497 e. The van der Waals surface area contributed by atoms with Crippen LogP contribution in [0.15, 0.2) is 42.5 Å². The number of para-hydroxylation sites is 1. The molecule has 1 heterocycles. The Hall–Kier alpha value is -2.16. The average molecular weight is 326 g/mol. The van der Waals surface area contributed by atoms with Crippen LogP contribution in [0.1, 0.15) is 50.2 Å². The van der Waals surface area contributed by atoms with Crippen molar-refractivity contribution in [1.82, 2.24) is 0 Å². The minimum absolute atomic E-state index is 0.0806. The van der Waals surface area contributed by atoms with E-state index in [1.54, 1.807) is 7.11 Å². The molecule has 3 heteroatoms. The standard InChI is InChI=1S/C21H26O3/c1-14(2)19-6-5-7-20-21(19)23-13-18(24-20)12-15(3)16-8-10-17(22-4)11-9-16/h5-11,14-15,18H,12-13H2,1-4H3. The van der Waals surface area contributed by atoms with Crippen molar-refractivity contribution in [2.45, 2.75) is 45.1 Å². The zero-order chi connectivity index (χ0) is 17.1. The Morgan fingerprint density at radius 1 is 1.08 bits per heavy atom. The van der Waals surface area contributed by atoms with Gasteiger partial charge in [0, 0.05) is 5.56 Å². The Labute approximate surface area is 144 Å². The molecule has 3 nitrogen and oxygen atoms in total. The van der Waals surface area contributed by atoms with Crippen molar-refractivity contribution in [3.8, 4) is 17.2 Å². The maximum Gasteiger partial charge on any atom is 0.164 e. The summed E-state index contributed by atoms with van der Waals surface area (Å²) in [6.45, 7) is 7.19. The molecular formula is C21H26O3. The van der Waals surface area contributed by atoms with Gasteiger partial charge in [0.2, 0.25) is 0 Å². The molecule has 0 bridgehead atoms. The van der Waals surface area contributed by atoms with Crippen LogP contribution in [0, 0.1) is 0 Å². The van der Waals surface area contributed by atoms with Gasteiger partial charge in [-0.1, -0.05) is 45.0 Å². The molecule has 128 valence electrons. The molecule has 2 unspecified atom stereocenters. The van der Waals surface area contributed by atoms with Gasteiger partial charge >= 0.3 is 0 Å². The molecule has 0 saturated heterocycles. The van der Waals surface area contributed by atoms with Gasteiger partial charge in [0.15, 0.2) is 11.5 Å². The summed E-state index contributed by atoms with van der Waals surface area (Å²) in [5.74, 6) is 3.51. The Balaban J connectivity index is 1.68. The van der Waals surface area contributed by atoms with E-state index < -0.39 is 0 Å². The summed E-state index contributed by atoms with van der Waals surface area (Å²) in [7, 11) is 1.69. The molecule has 0 fully saturated rings. The Morgan fingerprint density at radius 3 is 2.50 bits per heavy atom. The summed E-state index contributed by atoms with van der Waals surface area (Å²) >= 11 is 0. The van der Waals surface area contributed by atoms with Gasteiger partial charge in [0.05, 0.1) is 7.11 Å². The zero-order valence-corrected chi connectivity index (χ0v) is 14.9. The van der Waals surface area contributed by atoms with Gasteiger partial charge in [-0.2, -0.15) is 0 Å². The summed E-state index contributed by atoms with van der Waals surface area (Å²) in [5, 5.41) is 0. The molecule has 1 aliphatic rings. The van der Waals surface area contributed by atoms with Crippen molar-refractivity contribution in [2.75, 3.05) is 13.7 Å². The van der Waals surface area contributed by atoms with Crippen LogP contribution in [-0.2, 0) is 0 Å². The minimum atomic E-state index is 0.0806. The molecule has 2 aromatic carbocycles. The first-order chi connectivity index (χ1) is 11.6. The lowest BCUT2D eigenvalue weighted by Crippen LogP contribution is -2.31. The SMILES string of the molecule is COc1ccc(C(C)CC2COc3c(cccc3C(C)C)O2)cc1. The van der Waals surface area contributed by atoms with E-state index in [2.05, 4.69) is 39.0 Å².